The van der Waals surface area contributed by atoms with Crippen LogP contribution >= 0.6 is 0 Å². The van der Waals surface area contributed by atoms with Gasteiger partial charge in [0.15, 0.2) is 5.58 Å². The number of oxazole rings is 1. The maximum atomic E-state index is 13.7. The van der Waals surface area contributed by atoms with Crippen LogP contribution in [0.15, 0.2) is 71.1 Å². The Bertz CT molecular complexity index is 1100. The molecule has 128 valence electrons. The number of aryl methyl sites for hydroxylation is 1. The molecule has 0 aliphatic carbocycles. The van der Waals surface area contributed by atoms with Crippen LogP contribution in [0.5, 0.6) is 0 Å². The summed E-state index contributed by atoms with van der Waals surface area (Å²) in [5.74, 6) is -0.533. The van der Waals surface area contributed by atoms with Gasteiger partial charge in [-0.05, 0) is 61.0 Å². The molecule has 4 aromatic rings. The molecular formula is C21H15FN2O2. The minimum Gasteiger partial charge on any atom is -0.436 e. The number of hydrogen-bond donors (Lipinski definition) is 1. The third-order valence-electron chi connectivity index (χ3n) is 4.05. The molecule has 4 nitrogen and oxygen atoms in total. The number of benzene rings is 3. The minimum absolute atomic E-state index is 0.00546. The molecular weight excluding hydrogens is 331 g/mol. The van der Waals surface area contributed by atoms with Gasteiger partial charge in [0.1, 0.15) is 11.3 Å². The molecule has 0 radical (unpaired) electrons. The fourth-order valence-corrected chi connectivity index (χ4v) is 2.70. The van der Waals surface area contributed by atoms with Crippen molar-refractivity contribution in [2.45, 2.75) is 6.92 Å². The number of aromatic nitrogens is 1. The molecule has 3 aromatic carbocycles. The number of fused-ring (bicyclic) bond motifs is 1. The molecule has 1 heterocycles. The number of rotatable bonds is 3. The maximum Gasteiger partial charge on any atom is 0.258 e. The molecule has 0 unspecified atom stereocenters. The predicted octanol–water partition coefficient (Wildman–Crippen LogP) is 5.19. The normalized spacial score (nSPS) is 10.8. The molecule has 0 saturated heterocycles. The van der Waals surface area contributed by atoms with Gasteiger partial charge in [-0.25, -0.2) is 9.37 Å². The molecule has 5 heteroatoms. The van der Waals surface area contributed by atoms with Crippen molar-refractivity contribution in [1.82, 2.24) is 4.98 Å². The van der Waals surface area contributed by atoms with Gasteiger partial charge in [-0.15, -0.1) is 0 Å². The van der Waals surface area contributed by atoms with E-state index in [1.54, 1.807) is 36.4 Å². The van der Waals surface area contributed by atoms with Crippen molar-refractivity contribution in [3.8, 4) is 11.5 Å². The summed E-state index contributed by atoms with van der Waals surface area (Å²) >= 11 is 0. The van der Waals surface area contributed by atoms with Crippen molar-refractivity contribution in [3.63, 3.8) is 0 Å². The Balaban J connectivity index is 1.56. The lowest BCUT2D eigenvalue weighted by molar-refractivity contribution is 0.102. The third-order valence-corrected chi connectivity index (χ3v) is 4.05. The van der Waals surface area contributed by atoms with Crippen molar-refractivity contribution in [2.75, 3.05) is 5.32 Å². The van der Waals surface area contributed by atoms with Crippen molar-refractivity contribution >= 4 is 22.7 Å². The van der Waals surface area contributed by atoms with Gasteiger partial charge < -0.3 is 9.73 Å². The average molecular weight is 346 g/mol. The van der Waals surface area contributed by atoms with E-state index in [0.717, 1.165) is 22.2 Å². The fraction of sp³-hybridized carbons (Fsp3) is 0.0476. The van der Waals surface area contributed by atoms with Gasteiger partial charge in [-0.3, -0.25) is 4.79 Å². The summed E-state index contributed by atoms with van der Waals surface area (Å²) < 4.78 is 19.4. The minimum atomic E-state index is -0.552. The standard InChI is InChI=1S/C21H15FN2O2/c1-13-6-11-19-18(12-13)24-21(26-19)14-7-9-15(10-8-14)23-20(25)16-4-2-3-5-17(16)22/h2-12H,1H3,(H,23,25). The zero-order chi connectivity index (χ0) is 18.1. The topological polar surface area (TPSA) is 55.1 Å². The van der Waals surface area contributed by atoms with Crippen LogP contribution < -0.4 is 5.32 Å². The van der Waals surface area contributed by atoms with E-state index in [9.17, 15) is 9.18 Å². The van der Waals surface area contributed by atoms with Crippen molar-refractivity contribution in [2.24, 2.45) is 0 Å². The highest BCUT2D eigenvalue weighted by molar-refractivity contribution is 6.04. The van der Waals surface area contributed by atoms with Crippen molar-refractivity contribution in [3.05, 3.63) is 83.7 Å². The van der Waals surface area contributed by atoms with E-state index < -0.39 is 11.7 Å². The van der Waals surface area contributed by atoms with Gasteiger partial charge in [0.2, 0.25) is 5.89 Å². The molecule has 26 heavy (non-hydrogen) atoms. The summed E-state index contributed by atoms with van der Waals surface area (Å²) in [6.07, 6.45) is 0. The van der Waals surface area contributed by atoms with E-state index >= 15 is 0 Å². The van der Waals surface area contributed by atoms with Crippen molar-refractivity contribution in [1.29, 1.82) is 0 Å². The van der Waals surface area contributed by atoms with E-state index in [1.165, 1.54) is 12.1 Å². The molecule has 1 N–H and O–H groups in total. The number of amides is 1. The summed E-state index contributed by atoms with van der Waals surface area (Å²) in [6, 6.07) is 18.8. The van der Waals surface area contributed by atoms with Gasteiger partial charge in [-0.1, -0.05) is 18.2 Å². The Hall–Kier alpha value is -3.47. The van der Waals surface area contributed by atoms with Crippen LogP contribution in [0, 0.1) is 12.7 Å². The molecule has 0 spiro atoms. The van der Waals surface area contributed by atoms with Crippen LogP contribution in [-0.2, 0) is 0 Å². The van der Waals surface area contributed by atoms with Crippen LogP contribution in [0.2, 0.25) is 0 Å². The highest BCUT2D eigenvalue weighted by atomic mass is 19.1. The Labute approximate surface area is 149 Å². The second kappa shape index (κ2) is 6.44. The van der Waals surface area contributed by atoms with E-state index in [1.807, 2.05) is 25.1 Å². The van der Waals surface area contributed by atoms with Gasteiger partial charge >= 0.3 is 0 Å². The van der Waals surface area contributed by atoms with Crippen molar-refractivity contribution < 1.29 is 13.6 Å². The smallest absolute Gasteiger partial charge is 0.258 e. The van der Waals surface area contributed by atoms with Crippen LogP contribution in [0.4, 0.5) is 10.1 Å². The SMILES string of the molecule is Cc1ccc2oc(-c3ccc(NC(=O)c4ccccc4F)cc3)nc2c1. The Kier molecular flexibility index (Phi) is 3.97. The molecule has 4 rings (SSSR count). The second-order valence-corrected chi connectivity index (χ2v) is 6.00. The number of anilines is 1. The number of carbonyl (C=O) groups is 1. The summed E-state index contributed by atoms with van der Waals surface area (Å²) in [6.45, 7) is 2.00. The van der Waals surface area contributed by atoms with E-state index in [4.69, 9.17) is 4.42 Å². The Morgan fingerprint density at radius 2 is 1.81 bits per heavy atom. The number of carbonyl (C=O) groups excluding carboxylic acids is 1. The highest BCUT2D eigenvalue weighted by Gasteiger charge is 2.12. The molecule has 0 bridgehead atoms. The van der Waals surface area contributed by atoms with Crippen LogP contribution in [0.3, 0.4) is 0 Å². The number of halogens is 1. The lowest BCUT2D eigenvalue weighted by atomic mass is 10.1. The zero-order valence-electron chi connectivity index (χ0n) is 14.0. The van der Waals surface area contributed by atoms with Crippen LogP contribution in [0.1, 0.15) is 15.9 Å². The van der Waals surface area contributed by atoms with Gasteiger partial charge in [0.25, 0.3) is 5.91 Å². The number of nitrogens with zero attached hydrogens (tertiary/aromatic N) is 1. The number of nitrogens with one attached hydrogen (secondary N) is 1. The quantitative estimate of drug-likeness (QED) is 0.555. The van der Waals surface area contributed by atoms with E-state index in [2.05, 4.69) is 10.3 Å². The molecule has 0 aliphatic heterocycles. The van der Waals surface area contributed by atoms with E-state index in [0.29, 0.717) is 11.6 Å². The Morgan fingerprint density at radius 1 is 1.04 bits per heavy atom. The Morgan fingerprint density at radius 3 is 2.58 bits per heavy atom. The first kappa shape index (κ1) is 16.0. The molecule has 0 aliphatic rings. The number of hydrogen-bond acceptors (Lipinski definition) is 3. The highest BCUT2D eigenvalue weighted by Crippen LogP contribution is 2.26. The second-order valence-electron chi connectivity index (χ2n) is 6.00. The third kappa shape index (κ3) is 3.07. The zero-order valence-corrected chi connectivity index (χ0v) is 14.0. The molecule has 1 aromatic heterocycles. The van der Waals surface area contributed by atoms with Gasteiger partial charge in [0, 0.05) is 11.3 Å². The predicted molar refractivity (Wildman–Crippen MR) is 98.5 cm³/mol. The lowest BCUT2D eigenvalue weighted by Crippen LogP contribution is -2.13. The largest absolute Gasteiger partial charge is 0.436 e. The first-order valence-corrected chi connectivity index (χ1v) is 8.14. The fourth-order valence-electron chi connectivity index (χ4n) is 2.70. The average Bonchev–Trinajstić information content (AvgIpc) is 3.05. The van der Waals surface area contributed by atoms with E-state index in [-0.39, 0.29) is 5.56 Å². The molecule has 0 saturated carbocycles. The summed E-state index contributed by atoms with van der Waals surface area (Å²) in [5, 5.41) is 2.68. The first-order valence-electron chi connectivity index (χ1n) is 8.14. The molecule has 1 amide bonds. The molecule has 0 atom stereocenters. The van der Waals surface area contributed by atoms with Gasteiger partial charge in [0.05, 0.1) is 5.56 Å². The van der Waals surface area contributed by atoms with Crippen LogP contribution in [-0.4, -0.2) is 10.9 Å². The summed E-state index contributed by atoms with van der Waals surface area (Å²) in [4.78, 5) is 16.6. The lowest BCUT2D eigenvalue weighted by Gasteiger charge is -2.06. The maximum absolute atomic E-state index is 13.7. The van der Waals surface area contributed by atoms with Crippen LogP contribution in [0.25, 0.3) is 22.6 Å². The molecule has 0 fully saturated rings. The first-order chi connectivity index (χ1) is 12.6. The summed E-state index contributed by atoms with van der Waals surface area (Å²) in [7, 11) is 0. The monoisotopic (exact) mass is 346 g/mol. The van der Waals surface area contributed by atoms with Gasteiger partial charge in [-0.2, -0.15) is 0 Å². The summed E-state index contributed by atoms with van der Waals surface area (Å²) in [5.41, 5.74) is 4.01.